The van der Waals surface area contributed by atoms with Crippen LogP contribution in [-0.4, -0.2) is 43.8 Å². The fourth-order valence-corrected chi connectivity index (χ4v) is 3.25. The molecule has 0 unspecified atom stereocenters. The summed E-state index contributed by atoms with van der Waals surface area (Å²) >= 11 is 1.26. The van der Waals surface area contributed by atoms with Crippen molar-refractivity contribution < 1.29 is 9.59 Å². The average molecular weight is 376 g/mol. The molecule has 1 heterocycles. The zero-order valence-electron chi connectivity index (χ0n) is 15.6. The second kappa shape index (κ2) is 8.79. The number of anilines is 1. The standard InChI is InChI=1S/C17H24N6O2S/c1-10(2)23-17(20-21-22-23)26-13(5)16(25)18-9-14(24)19-15-11(3)7-6-8-12(15)4/h6-8,10,13H,9H2,1-5H3,(H,18,25)(H,19,24)/t13-/m1/s1. The minimum atomic E-state index is -0.425. The summed E-state index contributed by atoms with van der Waals surface area (Å²) in [4.78, 5) is 24.4. The predicted molar refractivity (Wildman–Crippen MR) is 101 cm³/mol. The molecule has 2 N–H and O–H groups in total. The van der Waals surface area contributed by atoms with Crippen LogP contribution in [-0.2, 0) is 9.59 Å². The lowest BCUT2D eigenvalue weighted by Crippen LogP contribution is -2.37. The van der Waals surface area contributed by atoms with E-state index >= 15 is 0 Å². The molecule has 1 atom stereocenters. The van der Waals surface area contributed by atoms with Crippen LogP contribution in [0.2, 0.25) is 0 Å². The quantitative estimate of drug-likeness (QED) is 0.718. The SMILES string of the molecule is Cc1cccc(C)c1NC(=O)CNC(=O)[C@@H](C)Sc1nnnn1C(C)C. The van der Waals surface area contributed by atoms with E-state index in [9.17, 15) is 9.59 Å². The van der Waals surface area contributed by atoms with E-state index in [4.69, 9.17) is 0 Å². The van der Waals surface area contributed by atoms with Gasteiger partial charge in [0.05, 0.1) is 17.8 Å². The lowest BCUT2D eigenvalue weighted by Gasteiger charge is -2.14. The molecule has 9 heteroatoms. The van der Waals surface area contributed by atoms with Gasteiger partial charge in [-0.1, -0.05) is 30.0 Å². The maximum absolute atomic E-state index is 12.3. The molecule has 0 bridgehead atoms. The highest BCUT2D eigenvalue weighted by Gasteiger charge is 2.20. The Morgan fingerprint density at radius 2 is 1.85 bits per heavy atom. The number of tetrazole rings is 1. The average Bonchev–Trinajstić information content (AvgIpc) is 3.04. The Bertz CT molecular complexity index is 769. The fourth-order valence-electron chi connectivity index (χ4n) is 2.31. The van der Waals surface area contributed by atoms with Crippen LogP contribution in [0, 0.1) is 13.8 Å². The van der Waals surface area contributed by atoms with Crippen molar-refractivity contribution in [3.05, 3.63) is 29.3 Å². The number of nitrogens with one attached hydrogen (secondary N) is 2. The second-order valence-corrected chi connectivity index (χ2v) is 7.60. The monoisotopic (exact) mass is 376 g/mol. The largest absolute Gasteiger partial charge is 0.346 e. The zero-order valence-corrected chi connectivity index (χ0v) is 16.4. The minimum Gasteiger partial charge on any atom is -0.346 e. The van der Waals surface area contributed by atoms with Crippen molar-refractivity contribution in [2.24, 2.45) is 0 Å². The van der Waals surface area contributed by atoms with Crippen LogP contribution < -0.4 is 10.6 Å². The van der Waals surface area contributed by atoms with Crippen molar-refractivity contribution >= 4 is 29.3 Å². The number of carbonyl (C=O) groups is 2. The summed E-state index contributed by atoms with van der Waals surface area (Å²) in [5.41, 5.74) is 2.74. The summed E-state index contributed by atoms with van der Waals surface area (Å²) < 4.78 is 1.65. The topological polar surface area (TPSA) is 102 Å². The van der Waals surface area contributed by atoms with Gasteiger partial charge in [-0.3, -0.25) is 9.59 Å². The molecule has 140 valence electrons. The number of aryl methyl sites for hydroxylation is 2. The van der Waals surface area contributed by atoms with Gasteiger partial charge in [-0.2, -0.15) is 0 Å². The van der Waals surface area contributed by atoms with Crippen molar-refractivity contribution in [2.75, 3.05) is 11.9 Å². The van der Waals surface area contributed by atoms with E-state index in [1.165, 1.54) is 11.8 Å². The molecule has 1 aromatic carbocycles. The second-order valence-electron chi connectivity index (χ2n) is 6.29. The number of thioether (sulfide) groups is 1. The number of para-hydroxylation sites is 1. The van der Waals surface area contributed by atoms with Gasteiger partial charge in [0.15, 0.2) is 0 Å². The van der Waals surface area contributed by atoms with E-state index in [-0.39, 0.29) is 24.4 Å². The number of amides is 2. The molecule has 0 fully saturated rings. The summed E-state index contributed by atoms with van der Waals surface area (Å²) in [6.45, 7) is 9.44. The van der Waals surface area contributed by atoms with Crippen molar-refractivity contribution in [1.29, 1.82) is 0 Å². The van der Waals surface area contributed by atoms with Crippen LogP contribution in [0.25, 0.3) is 0 Å². The molecule has 2 amide bonds. The minimum absolute atomic E-state index is 0.0906. The fraction of sp³-hybridized carbons (Fsp3) is 0.471. The molecule has 26 heavy (non-hydrogen) atoms. The van der Waals surface area contributed by atoms with Gasteiger partial charge in [-0.05, 0) is 56.2 Å². The summed E-state index contributed by atoms with van der Waals surface area (Å²) in [5, 5.41) is 17.1. The van der Waals surface area contributed by atoms with Gasteiger partial charge in [0, 0.05) is 5.69 Å². The molecule has 0 aliphatic heterocycles. The van der Waals surface area contributed by atoms with Gasteiger partial charge >= 0.3 is 0 Å². The van der Waals surface area contributed by atoms with E-state index in [0.717, 1.165) is 16.8 Å². The van der Waals surface area contributed by atoms with Gasteiger partial charge in [0.1, 0.15) is 0 Å². The number of carbonyl (C=O) groups excluding carboxylic acids is 2. The van der Waals surface area contributed by atoms with Crippen LogP contribution in [0.4, 0.5) is 5.69 Å². The molecular weight excluding hydrogens is 352 g/mol. The Hall–Kier alpha value is -2.42. The number of aromatic nitrogens is 4. The van der Waals surface area contributed by atoms with Crippen molar-refractivity contribution in [1.82, 2.24) is 25.5 Å². The Morgan fingerprint density at radius 3 is 2.46 bits per heavy atom. The molecule has 1 aromatic heterocycles. The van der Waals surface area contributed by atoms with E-state index in [2.05, 4.69) is 26.2 Å². The zero-order chi connectivity index (χ0) is 19.3. The summed E-state index contributed by atoms with van der Waals surface area (Å²) in [6, 6.07) is 5.90. The van der Waals surface area contributed by atoms with Crippen molar-refractivity contribution in [3.63, 3.8) is 0 Å². The third-order valence-corrected chi connectivity index (χ3v) is 4.82. The lowest BCUT2D eigenvalue weighted by molar-refractivity contribution is -0.123. The Balaban J connectivity index is 1.87. The van der Waals surface area contributed by atoms with Crippen LogP contribution in [0.15, 0.2) is 23.4 Å². The summed E-state index contributed by atoms with van der Waals surface area (Å²) in [6.07, 6.45) is 0. The van der Waals surface area contributed by atoms with Crippen LogP contribution >= 0.6 is 11.8 Å². The normalized spacial score (nSPS) is 12.1. The number of hydrogen-bond donors (Lipinski definition) is 2. The number of benzene rings is 1. The number of nitrogens with zero attached hydrogens (tertiary/aromatic N) is 4. The molecule has 8 nitrogen and oxygen atoms in total. The van der Waals surface area contributed by atoms with Crippen molar-refractivity contribution in [2.45, 2.75) is 51.1 Å². The van der Waals surface area contributed by atoms with E-state index < -0.39 is 5.25 Å². The smallest absolute Gasteiger partial charge is 0.243 e. The highest BCUT2D eigenvalue weighted by molar-refractivity contribution is 8.00. The highest BCUT2D eigenvalue weighted by Crippen LogP contribution is 2.22. The molecule has 0 saturated carbocycles. The molecule has 2 rings (SSSR count). The molecule has 0 spiro atoms. The first kappa shape index (κ1) is 19.9. The molecule has 2 aromatic rings. The van der Waals surface area contributed by atoms with Gasteiger partial charge in [-0.15, -0.1) is 5.10 Å². The third-order valence-electron chi connectivity index (χ3n) is 3.77. The molecular formula is C17H24N6O2S. The third kappa shape index (κ3) is 5.04. The Morgan fingerprint density at radius 1 is 1.19 bits per heavy atom. The van der Waals surface area contributed by atoms with E-state index in [0.29, 0.717) is 5.16 Å². The van der Waals surface area contributed by atoms with Gasteiger partial charge < -0.3 is 10.6 Å². The van der Waals surface area contributed by atoms with Crippen LogP contribution in [0.3, 0.4) is 0 Å². The predicted octanol–water partition coefficient (Wildman–Crippen LogP) is 2.11. The van der Waals surface area contributed by atoms with Gasteiger partial charge in [0.2, 0.25) is 17.0 Å². The first-order valence-electron chi connectivity index (χ1n) is 8.38. The van der Waals surface area contributed by atoms with E-state index in [1.807, 2.05) is 45.9 Å². The number of hydrogen-bond acceptors (Lipinski definition) is 6. The van der Waals surface area contributed by atoms with Crippen LogP contribution in [0.5, 0.6) is 0 Å². The summed E-state index contributed by atoms with van der Waals surface area (Å²) in [5.74, 6) is -0.509. The van der Waals surface area contributed by atoms with Gasteiger partial charge in [-0.25, -0.2) is 4.68 Å². The Kier molecular flexibility index (Phi) is 6.73. The van der Waals surface area contributed by atoms with Crippen molar-refractivity contribution in [3.8, 4) is 0 Å². The molecule has 0 aliphatic rings. The van der Waals surface area contributed by atoms with E-state index in [1.54, 1.807) is 11.6 Å². The lowest BCUT2D eigenvalue weighted by atomic mass is 10.1. The maximum atomic E-state index is 12.3. The van der Waals surface area contributed by atoms with Crippen LogP contribution in [0.1, 0.15) is 37.9 Å². The molecule has 0 saturated heterocycles. The summed E-state index contributed by atoms with van der Waals surface area (Å²) in [7, 11) is 0. The first-order valence-corrected chi connectivity index (χ1v) is 9.25. The molecule has 0 radical (unpaired) electrons. The molecule has 0 aliphatic carbocycles. The number of rotatable bonds is 7. The van der Waals surface area contributed by atoms with Gasteiger partial charge in [0.25, 0.3) is 0 Å². The maximum Gasteiger partial charge on any atom is 0.243 e. The Labute approximate surface area is 157 Å². The first-order chi connectivity index (χ1) is 12.3. The highest BCUT2D eigenvalue weighted by atomic mass is 32.2.